The third kappa shape index (κ3) is 7.28. The van der Waals surface area contributed by atoms with Crippen LogP contribution < -0.4 is 25.2 Å². The van der Waals surface area contributed by atoms with E-state index in [9.17, 15) is 24.3 Å². The topological polar surface area (TPSA) is 177 Å². The third-order valence-electron chi connectivity index (χ3n) is 15.5. The van der Waals surface area contributed by atoms with Crippen LogP contribution in [0.25, 0.3) is 32.9 Å². The number of carbonyl (C=O) groups excluding carboxylic acids is 4. The van der Waals surface area contributed by atoms with Gasteiger partial charge in [-0.1, -0.05) is 18.1 Å². The Morgan fingerprint density at radius 1 is 0.853 bits per heavy atom. The van der Waals surface area contributed by atoms with Crippen LogP contribution in [0.1, 0.15) is 77.6 Å². The molecule has 1 aliphatic carbocycles. The van der Waals surface area contributed by atoms with E-state index in [4.69, 9.17) is 21.1 Å². The zero-order valence-corrected chi connectivity index (χ0v) is 37.5. The van der Waals surface area contributed by atoms with Gasteiger partial charge in [-0.25, -0.2) is 4.39 Å². The number of aromatic nitrogens is 3. The van der Waals surface area contributed by atoms with Crippen LogP contribution in [-0.4, -0.2) is 147 Å². The van der Waals surface area contributed by atoms with Crippen molar-refractivity contribution >= 4 is 56.8 Å². The number of piperidine rings is 1. The van der Waals surface area contributed by atoms with E-state index in [0.717, 1.165) is 94.9 Å². The largest absolute Gasteiger partial charge is 0.508 e. The van der Waals surface area contributed by atoms with Crippen molar-refractivity contribution in [1.29, 1.82) is 0 Å². The molecule has 3 aromatic carbocycles. The molecule has 5 saturated heterocycles. The van der Waals surface area contributed by atoms with Gasteiger partial charge in [-0.15, -0.1) is 6.42 Å². The van der Waals surface area contributed by atoms with Gasteiger partial charge in [-0.2, -0.15) is 9.97 Å². The van der Waals surface area contributed by atoms with E-state index in [-0.39, 0.29) is 47.4 Å². The number of pyridine rings is 1. The van der Waals surface area contributed by atoms with Crippen molar-refractivity contribution in [3.8, 4) is 35.4 Å². The zero-order valence-electron chi connectivity index (χ0n) is 37.5. The monoisotopic (exact) mass is 918 g/mol. The summed E-state index contributed by atoms with van der Waals surface area (Å²) in [4.78, 5) is 75.9. The summed E-state index contributed by atoms with van der Waals surface area (Å²) in [5.74, 6) is 0.643. The van der Waals surface area contributed by atoms with Gasteiger partial charge in [-0.05, 0) is 93.3 Å². The summed E-state index contributed by atoms with van der Waals surface area (Å²) in [6, 6.07) is 14.7. The molecule has 0 spiro atoms. The fourth-order valence-corrected chi connectivity index (χ4v) is 12.0. The van der Waals surface area contributed by atoms with E-state index in [1.165, 1.54) is 6.07 Å². The first-order valence-electron chi connectivity index (χ1n) is 23.9. The fourth-order valence-electron chi connectivity index (χ4n) is 12.0. The van der Waals surface area contributed by atoms with Gasteiger partial charge < -0.3 is 25.0 Å². The second-order valence-electron chi connectivity index (χ2n) is 19.4. The Balaban J connectivity index is 0.720. The number of benzene rings is 3. The standard InChI is InChI=1S/C51H51FN10O6/c1-2-28-5-3-6-29-19-36(63)23-39(43(28)29)45-44(52)46-40(24-53-45)47(60-25-30-8-9-31(26-60)54-30)57-51(56-46)68-27-33-7-4-14-61(33)35-20-34(21-35)59-17-15-58(16-18-59)32-10-11-37-38(22-32)50(67)62(49(37)66)41-12-13-42(64)55-48(41)65/h1,3,5-6,10-11,19,22-24,30-31,33-35,41,54,63H,4,7-9,12-18,20-21,25-27H2,(H,55,64,65)/t30-,31+,33-,34?,35?,41?/m0/s1. The number of imide groups is 2. The van der Waals surface area contributed by atoms with Crippen molar-refractivity contribution in [3.05, 3.63) is 77.2 Å². The minimum absolute atomic E-state index is 0.0251. The van der Waals surface area contributed by atoms with Crippen molar-refractivity contribution in [2.24, 2.45) is 0 Å². The Morgan fingerprint density at radius 3 is 2.43 bits per heavy atom. The van der Waals surface area contributed by atoms with Gasteiger partial charge in [0.2, 0.25) is 11.8 Å². The van der Waals surface area contributed by atoms with E-state index < -0.39 is 35.5 Å². The summed E-state index contributed by atoms with van der Waals surface area (Å²) in [5, 5.41) is 18.5. The van der Waals surface area contributed by atoms with E-state index >= 15 is 4.39 Å². The average molecular weight is 919 g/mol. The van der Waals surface area contributed by atoms with Crippen LogP contribution in [0.15, 0.2) is 54.7 Å². The number of piperazine rings is 2. The second kappa shape index (κ2) is 16.8. The number of amides is 4. The number of fused-ring (bicyclic) bond motifs is 5. The molecule has 6 aliphatic heterocycles. The average Bonchev–Trinajstić information content (AvgIpc) is 4.01. The Labute approximate surface area is 391 Å². The quantitative estimate of drug-likeness (QED) is 0.142. The summed E-state index contributed by atoms with van der Waals surface area (Å²) in [5.41, 5.74) is 2.54. The van der Waals surface area contributed by atoms with Crippen LogP contribution in [0, 0.1) is 18.2 Å². The first kappa shape index (κ1) is 42.6. The maximum Gasteiger partial charge on any atom is 0.319 e. The molecule has 2 aromatic heterocycles. The Bertz CT molecular complexity index is 2970. The van der Waals surface area contributed by atoms with Crippen molar-refractivity contribution < 1.29 is 33.4 Å². The highest BCUT2D eigenvalue weighted by atomic mass is 19.1. The minimum atomic E-state index is -0.992. The third-order valence-corrected chi connectivity index (χ3v) is 15.5. The molecule has 0 radical (unpaired) electrons. The molecule has 1 saturated carbocycles. The summed E-state index contributed by atoms with van der Waals surface area (Å²) in [7, 11) is 0. The maximum absolute atomic E-state index is 17.1. The summed E-state index contributed by atoms with van der Waals surface area (Å²) in [6.45, 7) is 6.10. The van der Waals surface area contributed by atoms with Crippen LogP contribution in [-0.2, 0) is 9.59 Å². The summed E-state index contributed by atoms with van der Waals surface area (Å²) < 4.78 is 23.6. The van der Waals surface area contributed by atoms with Gasteiger partial charge in [0.15, 0.2) is 5.82 Å². The highest BCUT2D eigenvalue weighted by molar-refractivity contribution is 6.23. The molecule has 4 amide bonds. The molecule has 7 aliphatic rings. The first-order chi connectivity index (χ1) is 33.1. The number of aromatic hydroxyl groups is 1. The lowest BCUT2D eigenvalue weighted by molar-refractivity contribution is -0.136. The number of ether oxygens (including phenoxy) is 1. The van der Waals surface area contributed by atoms with E-state index in [2.05, 4.69) is 41.1 Å². The SMILES string of the molecule is C#Cc1cccc2cc(O)cc(-c3ncc4c(N5C[C@H]6CC[C@@H](C5)N6)nc(OC[C@@H]5CCCN5C5CC(N6CCN(c7ccc8c(c7)C(=O)N(C7CCC(=O)NC7=O)C8=O)CC6)C5)nc4c3F)c12. The lowest BCUT2D eigenvalue weighted by atomic mass is 9.83. The molecule has 17 heteroatoms. The normalized spacial score (nSPS) is 26.4. The molecule has 1 unspecified atom stereocenters. The van der Waals surface area contributed by atoms with Crippen molar-refractivity contribution in [1.82, 2.24) is 40.3 Å². The number of anilines is 2. The maximum atomic E-state index is 17.1. The highest BCUT2D eigenvalue weighted by Crippen LogP contribution is 2.40. The number of nitrogens with one attached hydrogen (secondary N) is 2. The Kier molecular flexibility index (Phi) is 10.5. The highest BCUT2D eigenvalue weighted by Gasteiger charge is 2.46. The molecule has 8 heterocycles. The molecular formula is C51H51FN10O6. The van der Waals surface area contributed by atoms with E-state index in [0.29, 0.717) is 69.4 Å². The molecule has 3 N–H and O–H groups in total. The first-order valence-corrected chi connectivity index (χ1v) is 23.9. The number of rotatable bonds is 9. The van der Waals surface area contributed by atoms with Crippen molar-refractivity contribution in [2.75, 3.05) is 62.2 Å². The molecule has 5 aromatic rings. The molecule has 4 atom stereocenters. The number of hydrogen-bond acceptors (Lipinski definition) is 14. The van der Waals surface area contributed by atoms with Crippen LogP contribution in [0.3, 0.4) is 0 Å². The predicted octanol–water partition coefficient (Wildman–Crippen LogP) is 4.21. The molecular weight excluding hydrogens is 868 g/mol. The van der Waals surface area contributed by atoms with Gasteiger partial charge in [0.05, 0.1) is 16.5 Å². The number of phenolic OH excluding ortho intramolecular Hbond substituents is 1. The zero-order chi connectivity index (χ0) is 46.4. The number of likely N-dealkylation sites (tertiary alicyclic amines) is 1. The Morgan fingerprint density at radius 2 is 1.65 bits per heavy atom. The van der Waals surface area contributed by atoms with Crippen molar-refractivity contribution in [2.45, 2.75) is 87.6 Å². The number of nitrogens with zero attached hydrogens (tertiary/aromatic N) is 8. The molecule has 6 fully saturated rings. The lowest BCUT2D eigenvalue weighted by Crippen LogP contribution is -2.59. The lowest BCUT2D eigenvalue weighted by Gasteiger charge is -2.50. The van der Waals surface area contributed by atoms with Crippen molar-refractivity contribution in [3.63, 3.8) is 0 Å². The second-order valence-corrected chi connectivity index (χ2v) is 19.4. The van der Waals surface area contributed by atoms with E-state index in [1.807, 2.05) is 18.2 Å². The van der Waals surface area contributed by atoms with E-state index in [1.54, 1.807) is 30.5 Å². The number of halogens is 1. The van der Waals surface area contributed by atoms with Gasteiger partial charge in [-0.3, -0.25) is 44.2 Å². The summed E-state index contributed by atoms with van der Waals surface area (Å²) in [6.07, 6.45) is 14.0. The molecule has 68 heavy (non-hydrogen) atoms. The predicted molar refractivity (Wildman–Crippen MR) is 251 cm³/mol. The van der Waals surface area contributed by atoms with Gasteiger partial charge in [0.25, 0.3) is 11.8 Å². The molecule has 2 bridgehead atoms. The Hall–Kier alpha value is -6.74. The smallest absolute Gasteiger partial charge is 0.319 e. The van der Waals surface area contributed by atoms with Crippen LogP contribution >= 0.6 is 0 Å². The van der Waals surface area contributed by atoms with Gasteiger partial charge in [0, 0.05) is 104 Å². The van der Waals surface area contributed by atoms with Crippen LogP contribution in [0.5, 0.6) is 11.8 Å². The number of phenols is 1. The van der Waals surface area contributed by atoms with Gasteiger partial charge >= 0.3 is 6.01 Å². The minimum Gasteiger partial charge on any atom is -0.508 e. The number of carbonyl (C=O) groups is 4. The molecule has 348 valence electrons. The number of hydrogen-bond donors (Lipinski definition) is 3. The fraction of sp³-hybridized carbons (Fsp3) is 0.431. The van der Waals surface area contributed by atoms with Crippen LogP contribution in [0.4, 0.5) is 15.9 Å². The number of terminal acetylenes is 1. The summed E-state index contributed by atoms with van der Waals surface area (Å²) >= 11 is 0. The molecule has 16 nitrogen and oxygen atoms in total. The molecule has 12 rings (SSSR count). The van der Waals surface area contributed by atoms with Crippen LogP contribution in [0.2, 0.25) is 0 Å². The van der Waals surface area contributed by atoms with Gasteiger partial charge in [0.1, 0.15) is 35.4 Å².